The molecule has 1 fully saturated rings. The van der Waals surface area contributed by atoms with E-state index in [-0.39, 0.29) is 0 Å². The smallest absolute Gasteiger partial charge is 0.180 e. The molecule has 3 heterocycles. The molecular weight excluding hydrogens is 348 g/mol. The van der Waals surface area contributed by atoms with Crippen molar-refractivity contribution >= 4 is 22.8 Å². The number of nitrogens with one attached hydrogen (secondary N) is 2. The third-order valence-corrected chi connectivity index (χ3v) is 5.11. The molecule has 6 nitrogen and oxygen atoms in total. The fraction of sp³-hybridized carbons (Fsp3) is 0.182. The van der Waals surface area contributed by atoms with Crippen LogP contribution in [0.1, 0.15) is 0 Å². The van der Waals surface area contributed by atoms with Crippen LogP contribution in [0.2, 0.25) is 0 Å². The van der Waals surface area contributed by atoms with Crippen molar-refractivity contribution in [2.45, 2.75) is 0 Å². The quantitative estimate of drug-likeness (QED) is 0.575. The average molecular weight is 370 g/mol. The van der Waals surface area contributed by atoms with Gasteiger partial charge in [-0.25, -0.2) is 9.97 Å². The molecule has 0 spiro atoms. The van der Waals surface area contributed by atoms with E-state index in [4.69, 9.17) is 0 Å². The Labute approximate surface area is 163 Å². The first-order valence-corrected chi connectivity index (χ1v) is 9.59. The van der Waals surface area contributed by atoms with E-state index >= 15 is 0 Å². The zero-order valence-corrected chi connectivity index (χ0v) is 15.5. The lowest BCUT2D eigenvalue weighted by Crippen LogP contribution is -2.43. The third-order valence-electron chi connectivity index (χ3n) is 5.11. The summed E-state index contributed by atoms with van der Waals surface area (Å²) < 4.78 is 2.07. The van der Waals surface area contributed by atoms with Gasteiger partial charge < -0.3 is 15.5 Å². The van der Waals surface area contributed by atoms with Gasteiger partial charge in [-0.05, 0) is 24.3 Å². The molecule has 0 radical (unpaired) electrons. The summed E-state index contributed by atoms with van der Waals surface area (Å²) in [5.41, 5.74) is 5.21. The Morgan fingerprint density at radius 2 is 1.68 bits per heavy atom. The summed E-state index contributed by atoms with van der Waals surface area (Å²) in [5.74, 6) is 0.750. The topological polar surface area (TPSA) is 57.5 Å². The summed E-state index contributed by atoms with van der Waals surface area (Å²) in [5, 5.41) is 6.80. The Hall–Kier alpha value is -3.38. The summed E-state index contributed by atoms with van der Waals surface area (Å²) in [4.78, 5) is 11.6. The van der Waals surface area contributed by atoms with Gasteiger partial charge in [0, 0.05) is 55.5 Å². The van der Waals surface area contributed by atoms with Crippen LogP contribution in [0.4, 0.5) is 17.2 Å². The van der Waals surface area contributed by atoms with Crippen molar-refractivity contribution in [3.05, 3.63) is 73.2 Å². The summed E-state index contributed by atoms with van der Waals surface area (Å²) in [6.45, 7) is 4.17. The lowest BCUT2D eigenvalue weighted by Gasteiger charge is -2.29. The Morgan fingerprint density at radius 1 is 0.893 bits per heavy atom. The van der Waals surface area contributed by atoms with Crippen LogP contribution in [-0.2, 0) is 0 Å². The molecule has 0 saturated carbocycles. The van der Waals surface area contributed by atoms with Crippen molar-refractivity contribution in [2.75, 3.05) is 36.4 Å². The maximum atomic E-state index is 4.65. The minimum atomic E-state index is 0.750. The largest absolute Gasteiger partial charge is 0.369 e. The number of anilines is 3. The molecule has 0 atom stereocenters. The number of hydrogen-bond donors (Lipinski definition) is 2. The van der Waals surface area contributed by atoms with Crippen LogP contribution in [0.15, 0.2) is 73.2 Å². The first-order valence-electron chi connectivity index (χ1n) is 9.59. The first kappa shape index (κ1) is 16.8. The molecule has 0 unspecified atom stereocenters. The molecule has 0 amide bonds. The number of fused-ring (bicyclic) bond motifs is 1. The highest BCUT2D eigenvalue weighted by Gasteiger charge is 2.12. The van der Waals surface area contributed by atoms with Crippen molar-refractivity contribution in [1.29, 1.82) is 0 Å². The SMILES string of the molecule is c1ccc(-c2cnc(Nc3ccc(N4CCNCC4)cc3)c3nccn23)cc1. The fourth-order valence-electron chi connectivity index (χ4n) is 3.64. The van der Waals surface area contributed by atoms with Crippen LogP contribution >= 0.6 is 0 Å². The Bertz CT molecular complexity index is 1070. The highest BCUT2D eigenvalue weighted by molar-refractivity contribution is 5.74. The number of rotatable bonds is 4. The van der Waals surface area contributed by atoms with E-state index in [2.05, 4.69) is 66.3 Å². The number of hydrogen-bond acceptors (Lipinski definition) is 5. The maximum absolute atomic E-state index is 4.65. The highest BCUT2D eigenvalue weighted by atomic mass is 15.2. The highest BCUT2D eigenvalue weighted by Crippen LogP contribution is 2.26. The molecule has 2 N–H and O–H groups in total. The Kier molecular flexibility index (Phi) is 4.39. The van der Waals surface area contributed by atoms with Crippen LogP contribution in [0.25, 0.3) is 16.9 Å². The number of benzene rings is 2. The molecule has 5 rings (SSSR count). The van der Waals surface area contributed by atoms with Gasteiger partial charge in [-0.1, -0.05) is 30.3 Å². The molecule has 1 saturated heterocycles. The molecule has 0 bridgehead atoms. The molecule has 0 aliphatic carbocycles. The first-order chi connectivity index (χ1) is 13.9. The predicted molar refractivity (Wildman–Crippen MR) is 113 cm³/mol. The van der Waals surface area contributed by atoms with Crippen molar-refractivity contribution in [3.8, 4) is 11.3 Å². The van der Waals surface area contributed by atoms with Crippen molar-refractivity contribution in [3.63, 3.8) is 0 Å². The number of nitrogens with zero attached hydrogens (tertiary/aromatic N) is 4. The molecule has 1 aliphatic heterocycles. The van der Waals surface area contributed by atoms with Crippen molar-refractivity contribution < 1.29 is 0 Å². The van der Waals surface area contributed by atoms with Gasteiger partial charge in [-0.2, -0.15) is 0 Å². The molecule has 140 valence electrons. The number of aromatic nitrogens is 3. The molecule has 2 aromatic carbocycles. The Balaban J connectivity index is 1.42. The lowest BCUT2D eigenvalue weighted by molar-refractivity contribution is 0.589. The minimum Gasteiger partial charge on any atom is -0.369 e. The predicted octanol–water partition coefficient (Wildman–Crippen LogP) is 3.55. The summed E-state index contributed by atoms with van der Waals surface area (Å²) in [6, 6.07) is 18.8. The van der Waals surface area contributed by atoms with Crippen molar-refractivity contribution in [1.82, 2.24) is 19.7 Å². The molecule has 4 aromatic rings. The van der Waals surface area contributed by atoms with Gasteiger partial charge in [0.1, 0.15) is 0 Å². The van der Waals surface area contributed by atoms with Gasteiger partial charge in [0.2, 0.25) is 0 Å². The van der Waals surface area contributed by atoms with E-state index in [0.29, 0.717) is 0 Å². The van der Waals surface area contributed by atoms with Crippen LogP contribution in [0.5, 0.6) is 0 Å². The molecule has 2 aromatic heterocycles. The summed E-state index contributed by atoms with van der Waals surface area (Å²) >= 11 is 0. The summed E-state index contributed by atoms with van der Waals surface area (Å²) in [7, 11) is 0. The van der Waals surface area contributed by atoms with Crippen LogP contribution in [0.3, 0.4) is 0 Å². The van der Waals surface area contributed by atoms with E-state index in [9.17, 15) is 0 Å². The fourth-order valence-corrected chi connectivity index (χ4v) is 3.64. The van der Waals surface area contributed by atoms with Gasteiger partial charge in [0.25, 0.3) is 0 Å². The molecule has 1 aliphatic rings. The zero-order chi connectivity index (χ0) is 18.8. The molecule has 28 heavy (non-hydrogen) atoms. The Morgan fingerprint density at radius 3 is 2.46 bits per heavy atom. The third kappa shape index (κ3) is 3.18. The second-order valence-corrected chi connectivity index (χ2v) is 6.89. The zero-order valence-electron chi connectivity index (χ0n) is 15.5. The maximum Gasteiger partial charge on any atom is 0.180 e. The lowest BCUT2D eigenvalue weighted by atomic mass is 10.1. The van der Waals surface area contributed by atoms with Crippen molar-refractivity contribution in [2.24, 2.45) is 0 Å². The van der Waals surface area contributed by atoms with Gasteiger partial charge >= 0.3 is 0 Å². The van der Waals surface area contributed by atoms with Crippen LogP contribution in [0, 0.1) is 0 Å². The second kappa shape index (κ2) is 7.32. The average Bonchev–Trinajstić information content (AvgIpc) is 3.26. The van der Waals surface area contributed by atoms with E-state index in [0.717, 1.165) is 54.6 Å². The normalized spacial score (nSPS) is 14.4. The number of imidazole rings is 1. The van der Waals surface area contributed by atoms with E-state index < -0.39 is 0 Å². The minimum absolute atomic E-state index is 0.750. The standard InChI is InChI=1S/C22H22N6/c1-2-4-17(5-3-1)20-16-25-21(22-24-12-15-28(20)22)26-18-6-8-19(9-7-18)27-13-10-23-11-14-27/h1-9,12,15-16,23H,10-11,13-14H2,(H,25,26). The molecular formula is C22H22N6. The van der Waals surface area contributed by atoms with Gasteiger partial charge in [0.15, 0.2) is 11.5 Å². The monoisotopic (exact) mass is 370 g/mol. The molecule has 6 heteroatoms. The van der Waals surface area contributed by atoms with E-state index in [1.54, 1.807) is 0 Å². The van der Waals surface area contributed by atoms with Gasteiger partial charge in [-0.3, -0.25) is 4.40 Å². The summed E-state index contributed by atoms with van der Waals surface area (Å²) in [6.07, 6.45) is 5.67. The van der Waals surface area contributed by atoms with Gasteiger partial charge in [-0.15, -0.1) is 0 Å². The number of piperazine rings is 1. The van der Waals surface area contributed by atoms with E-state index in [1.807, 2.05) is 36.8 Å². The van der Waals surface area contributed by atoms with Gasteiger partial charge in [0.05, 0.1) is 11.9 Å². The van der Waals surface area contributed by atoms with Crippen LogP contribution in [-0.4, -0.2) is 40.5 Å². The van der Waals surface area contributed by atoms with E-state index in [1.165, 1.54) is 5.69 Å². The van der Waals surface area contributed by atoms with Crippen LogP contribution < -0.4 is 15.5 Å². The second-order valence-electron chi connectivity index (χ2n) is 6.89.